The van der Waals surface area contributed by atoms with Crippen molar-refractivity contribution in [1.82, 2.24) is 4.98 Å². The second-order valence-electron chi connectivity index (χ2n) is 5.30. The number of nitrogens with zero attached hydrogens (tertiary/aromatic N) is 1. The summed E-state index contributed by atoms with van der Waals surface area (Å²) in [6.07, 6.45) is 3.01. The van der Waals surface area contributed by atoms with Gasteiger partial charge >= 0.3 is 0 Å². The Morgan fingerprint density at radius 1 is 1.30 bits per heavy atom. The van der Waals surface area contributed by atoms with E-state index in [1.807, 2.05) is 0 Å². The molecule has 1 aromatic carbocycles. The highest BCUT2D eigenvalue weighted by Gasteiger charge is 2.35. The smallest absolute Gasteiger partial charge is 0.229 e. The fourth-order valence-corrected chi connectivity index (χ4v) is 2.71. The SMILES string of the molecule is O=C(Nc1c[nH]ccc1=O)[C@H]1CC(=O)N(c2cccc(Cl)c2)C1. The van der Waals surface area contributed by atoms with Gasteiger partial charge in [-0.1, -0.05) is 17.7 Å². The largest absolute Gasteiger partial charge is 0.366 e. The summed E-state index contributed by atoms with van der Waals surface area (Å²) in [4.78, 5) is 40.3. The number of hydrogen-bond acceptors (Lipinski definition) is 3. The number of carbonyl (C=O) groups is 2. The first-order chi connectivity index (χ1) is 11.0. The first-order valence-corrected chi connectivity index (χ1v) is 7.46. The van der Waals surface area contributed by atoms with Crippen LogP contribution in [0.15, 0.2) is 47.5 Å². The molecule has 0 unspecified atom stereocenters. The van der Waals surface area contributed by atoms with Crippen LogP contribution in [0.1, 0.15) is 6.42 Å². The minimum Gasteiger partial charge on any atom is -0.366 e. The number of benzene rings is 1. The molecule has 0 spiro atoms. The van der Waals surface area contributed by atoms with Crippen LogP contribution in [-0.4, -0.2) is 23.3 Å². The monoisotopic (exact) mass is 331 g/mol. The van der Waals surface area contributed by atoms with Gasteiger partial charge < -0.3 is 15.2 Å². The Kier molecular flexibility index (Phi) is 4.16. The molecule has 2 N–H and O–H groups in total. The van der Waals surface area contributed by atoms with Crippen LogP contribution in [0.5, 0.6) is 0 Å². The second-order valence-corrected chi connectivity index (χ2v) is 5.73. The lowest BCUT2D eigenvalue weighted by Gasteiger charge is -2.16. The van der Waals surface area contributed by atoms with Crippen molar-refractivity contribution in [2.24, 2.45) is 5.92 Å². The lowest BCUT2D eigenvalue weighted by molar-refractivity contribution is -0.122. The molecule has 2 aromatic rings. The number of hydrogen-bond donors (Lipinski definition) is 2. The Labute approximate surface area is 137 Å². The molecule has 23 heavy (non-hydrogen) atoms. The van der Waals surface area contributed by atoms with E-state index in [0.717, 1.165) is 0 Å². The van der Waals surface area contributed by atoms with Crippen LogP contribution in [-0.2, 0) is 9.59 Å². The van der Waals surface area contributed by atoms with E-state index in [1.54, 1.807) is 24.3 Å². The van der Waals surface area contributed by atoms with Crippen molar-refractivity contribution in [1.29, 1.82) is 0 Å². The molecular formula is C16H14ClN3O3. The van der Waals surface area contributed by atoms with E-state index >= 15 is 0 Å². The van der Waals surface area contributed by atoms with Gasteiger partial charge in [-0.05, 0) is 18.2 Å². The van der Waals surface area contributed by atoms with Crippen LogP contribution in [0.25, 0.3) is 0 Å². The van der Waals surface area contributed by atoms with Gasteiger partial charge in [-0.15, -0.1) is 0 Å². The predicted molar refractivity (Wildman–Crippen MR) is 87.6 cm³/mol. The fourth-order valence-electron chi connectivity index (χ4n) is 2.53. The third-order valence-electron chi connectivity index (χ3n) is 3.70. The maximum Gasteiger partial charge on any atom is 0.229 e. The molecule has 1 aliphatic rings. The van der Waals surface area contributed by atoms with Gasteiger partial charge in [0.2, 0.25) is 17.2 Å². The highest BCUT2D eigenvalue weighted by molar-refractivity contribution is 6.31. The average molecular weight is 332 g/mol. The zero-order chi connectivity index (χ0) is 16.4. The van der Waals surface area contributed by atoms with Gasteiger partial charge in [0.05, 0.1) is 5.92 Å². The highest BCUT2D eigenvalue weighted by atomic mass is 35.5. The van der Waals surface area contributed by atoms with Gasteiger partial charge in [0.25, 0.3) is 0 Å². The van der Waals surface area contributed by atoms with Crippen molar-refractivity contribution in [2.75, 3.05) is 16.8 Å². The van der Waals surface area contributed by atoms with E-state index in [-0.39, 0.29) is 35.9 Å². The number of anilines is 2. The molecule has 1 fully saturated rings. The van der Waals surface area contributed by atoms with E-state index in [9.17, 15) is 14.4 Å². The number of halogens is 1. The number of nitrogens with one attached hydrogen (secondary N) is 2. The average Bonchev–Trinajstić information content (AvgIpc) is 2.92. The van der Waals surface area contributed by atoms with Crippen molar-refractivity contribution >= 4 is 34.8 Å². The lowest BCUT2D eigenvalue weighted by Crippen LogP contribution is -2.29. The summed E-state index contributed by atoms with van der Waals surface area (Å²) in [7, 11) is 0. The number of H-pyrrole nitrogens is 1. The van der Waals surface area contributed by atoms with Crippen LogP contribution >= 0.6 is 11.6 Å². The minimum absolute atomic E-state index is 0.100. The van der Waals surface area contributed by atoms with E-state index in [0.29, 0.717) is 10.7 Å². The van der Waals surface area contributed by atoms with E-state index < -0.39 is 5.92 Å². The number of aromatic nitrogens is 1. The Hall–Kier alpha value is -2.60. The molecule has 6 nitrogen and oxygen atoms in total. The molecule has 1 aromatic heterocycles. The normalized spacial score (nSPS) is 17.3. The first kappa shape index (κ1) is 15.3. The zero-order valence-electron chi connectivity index (χ0n) is 12.1. The molecule has 118 valence electrons. The molecule has 0 radical (unpaired) electrons. The summed E-state index contributed by atoms with van der Waals surface area (Å²) in [5, 5.41) is 3.10. The highest BCUT2D eigenvalue weighted by Crippen LogP contribution is 2.27. The maximum absolute atomic E-state index is 12.3. The molecule has 0 saturated carbocycles. The molecule has 2 heterocycles. The summed E-state index contributed by atoms with van der Waals surface area (Å²) in [5.41, 5.74) is 0.551. The fraction of sp³-hybridized carbons (Fsp3) is 0.188. The third kappa shape index (κ3) is 3.27. The molecule has 1 saturated heterocycles. The number of carbonyl (C=O) groups excluding carboxylic acids is 2. The number of amides is 2. The van der Waals surface area contributed by atoms with Crippen LogP contribution < -0.4 is 15.6 Å². The van der Waals surface area contributed by atoms with E-state index in [1.165, 1.54) is 23.4 Å². The predicted octanol–water partition coefficient (Wildman–Crippen LogP) is 2.02. The van der Waals surface area contributed by atoms with Crippen molar-refractivity contribution in [3.63, 3.8) is 0 Å². The molecule has 3 rings (SSSR count). The Balaban J connectivity index is 1.73. The third-order valence-corrected chi connectivity index (χ3v) is 3.93. The van der Waals surface area contributed by atoms with Crippen LogP contribution in [0.2, 0.25) is 5.02 Å². The van der Waals surface area contributed by atoms with Gasteiger partial charge in [0, 0.05) is 42.1 Å². The van der Waals surface area contributed by atoms with Crippen LogP contribution in [0.4, 0.5) is 11.4 Å². The Morgan fingerprint density at radius 2 is 2.13 bits per heavy atom. The van der Waals surface area contributed by atoms with Gasteiger partial charge in [0.15, 0.2) is 0 Å². The standard InChI is InChI=1S/C16H14ClN3O3/c17-11-2-1-3-12(7-11)20-9-10(6-15(20)22)16(23)19-13-8-18-5-4-14(13)21/h1-5,7-8,10H,6,9H2,(H,18,21)(H,19,23)/t10-/m0/s1. The van der Waals surface area contributed by atoms with Gasteiger partial charge in [-0.25, -0.2) is 0 Å². The van der Waals surface area contributed by atoms with Gasteiger partial charge in [-0.2, -0.15) is 0 Å². The number of rotatable bonds is 3. The van der Waals surface area contributed by atoms with E-state index in [2.05, 4.69) is 10.3 Å². The topological polar surface area (TPSA) is 82.3 Å². The minimum atomic E-state index is -0.513. The summed E-state index contributed by atoms with van der Waals surface area (Å²) in [6.45, 7) is 0.260. The Bertz CT molecular complexity index is 818. The second kappa shape index (κ2) is 6.26. The molecule has 1 atom stereocenters. The molecule has 1 aliphatic heterocycles. The van der Waals surface area contributed by atoms with Crippen molar-refractivity contribution < 1.29 is 9.59 Å². The molecular weight excluding hydrogens is 318 g/mol. The molecule has 0 bridgehead atoms. The molecule has 2 amide bonds. The summed E-state index contributed by atoms with van der Waals surface area (Å²) >= 11 is 5.94. The molecule has 0 aliphatic carbocycles. The van der Waals surface area contributed by atoms with Crippen molar-refractivity contribution in [2.45, 2.75) is 6.42 Å². The molecule has 7 heteroatoms. The van der Waals surface area contributed by atoms with Crippen molar-refractivity contribution in [3.05, 3.63) is 58.0 Å². The van der Waals surface area contributed by atoms with Gasteiger partial charge in [-0.3, -0.25) is 14.4 Å². The van der Waals surface area contributed by atoms with Crippen LogP contribution in [0.3, 0.4) is 0 Å². The quantitative estimate of drug-likeness (QED) is 0.902. The number of pyridine rings is 1. The Morgan fingerprint density at radius 3 is 2.87 bits per heavy atom. The maximum atomic E-state index is 12.3. The van der Waals surface area contributed by atoms with Crippen molar-refractivity contribution in [3.8, 4) is 0 Å². The summed E-state index contributed by atoms with van der Waals surface area (Å²) in [6, 6.07) is 8.25. The van der Waals surface area contributed by atoms with E-state index in [4.69, 9.17) is 11.6 Å². The lowest BCUT2D eigenvalue weighted by atomic mass is 10.1. The summed E-state index contributed by atoms with van der Waals surface area (Å²) < 4.78 is 0. The zero-order valence-corrected chi connectivity index (χ0v) is 12.8. The summed E-state index contributed by atoms with van der Waals surface area (Å²) in [5.74, 6) is -1.00. The number of aromatic amines is 1. The van der Waals surface area contributed by atoms with Gasteiger partial charge in [0.1, 0.15) is 5.69 Å². The van der Waals surface area contributed by atoms with Crippen LogP contribution in [0, 0.1) is 5.92 Å². The first-order valence-electron chi connectivity index (χ1n) is 7.08.